The summed E-state index contributed by atoms with van der Waals surface area (Å²) < 4.78 is 0.890. The minimum Gasteiger partial charge on any atom is -0.276 e. The molecule has 0 aliphatic heterocycles. The first-order chi connectivity index (χ1) is 6.70. The summed E-state index contributed by atoms with van der Waals surface area (Å²) in [5.41, 5.74) is 0.602. The molecule has 3 heteroatoms. The summed E-state index contributed by atoms with van der Waals surface area (Å²) in [6.45, 7) is 0. The molecule has 0 spiro atoms. The second kappa shape index (κ2) is 3.87. The number of carbonyl (C=O) groups is 1. The van der Waals surface area contributed by atoms with Gasteiger partial charge in [0, 0.05) is 3.57 Å². The molecule has 0 heterocycles. The molecule has 0 amide bonds. The van der Waals surface area contributed by atoms with Crippen molar-refractivity contribution in [3.05, 3.63) is 45.5 Å². The molecule has 0 atom stereocenters. The fourth-order valence-electron chi connectivity index (χ4n) is 1.44. The topological polar surface area (TPSA) is 17.1 Å². The Labute approximate surface area is 100 Å². The second-order valence-electron chi connectivity index (χ2n) is 2.92. The molecule has 2 aromatic rings. The van der Waals surface area contributed by atoms with Gasteiger partial charge in [0.2, 0.25) is 0 Å². The summed E-state index contributed by atoms with van der Waals surface area (Å²) in [6.07, 6.45) is 0. The molecule has 0 aliphatic rings. The zero-order valence-corrected chi connectivity index (χ0v) is 10.0. The van der Waals surface area contributed by atoms with Gasteiger partial charge < -0.3 is 0 Å². The lowest BCUT2D eigenvalue weighted by atomic mass is 10.1. The molecule has 2 rings (SSSR count). The first-order valence-corrected chi connectivity index (χ1v) is 5.53. The number of carbonyl (C=O) groups excluding carboxylic acids is 1. The average molecular weight is 317 g/mol. The molecule has 0 radical (unpaired) electrons. The van der Waals surface area contributed by atoms with Crippen molar-refractivity contribution < 1.29 is 4.79 Å². The van der Waals surface area contributed by atoms with Gasteiger partial charge in [-0.3, -0.25) is 4.79 Å². The van der Waals surface area contributed by atoms with Crippen molar-refractivity contribution in [2.75, 3.05) is 0 Å². The Bertz CT molecular complexity index is 508. The molecule has 0 unspecified atom stereocenters. The predicted octanol–water partition coefficient (Wildman–Crippen LogP) is 3.82. The maximum absolute atomic E-state index is 11.2. The Hall–Kier alpha value is -0.610. The Morgan fingerprint density at radius 3 is 2.57 bits per heavy atom. The van der Waals surface area contributed by atoms with Crippen LogP contribution >= 0.6 is 34.2 Å². The minimum atomic E-state index is -0.397. The molecule has 0 N–H and O–H groups in total. The van der Waals surface area contributed by atoms with Crippen molar-refractivity contribution in [3.8, 4) is 0 Å². The van der Waals surface area contributed by atoms with Crippen LogP contribution in [-0.4, -0.2) is 5.24 Å². The van der Waals surface area contributed by atoms with Gasteiger partial charge in [-0.15, -0.1) is 0 Å². The van der Waals surface area contributed by atoms with Crippen LogP contribution in [-0.2, 0) is 0 Å². The van der Waals surface area contributed by atoms with E-state index in [9.17, 15) is 4.79 Å². The molecule has 0 fully saturated rings. The van der Waals surface area contributed by atoms with Gasteiger partial charge in [0.25, 0.3) is 5.24 Å². The van der Waals surface area contributed by atoms with Gasteiger partial charge in [0.05, 0.1) is 5.56 Å². The molecular formula is C11H6ClIO. The van der Waals surface area contributed by atoms with Gasteiger partial charge in [-0.05, 0) is 51.0 Å². The van der Waals surface area contributed by atoms with Gasteiger partial charge in [-0.2, -0.15) is 0 Å². The van der Waals surface area contributed by atoms with E-state index < -0.39 is 5.24 Å². The quantitative estimate of drug-likeness (QED) is 0.577. The van der Waals surface area contributed by atoms with Crippen molar-refractivity contribution in [1.29, 1.82) is 0 Å². The van der Waals surface area contributed by atoms with Crippen LogP contribution in [0.15, 0.2) is 36.4 Å². The number of fused-ring (bicyclic) bond motifs is 1. The zero-order valence-electron chi connectivity index (χ0n) is 7.13. The normalized spacial score (nSPS) is 10.4. The van der Waals surface area contributed by atoms with Crippen LogP contribution < -0.4 is 0 Å². The van der Waals surface area contributed by atoms with Crippen LogP contribution in [0.1, 0.15) is 10.4 Å². The first kappa shape index (κ1) is 9.93. The van der Waals surface area contributed by atoms with E-state index in [4.69, 9.17) is 11.6 Å². The van der Waals surface area contributed by atoms with Crippen LogP contribution in [0.25, 0.3) is 10.8 Å². The van der Waals surface area contributed by atoms with E-state index in [-0.39, 0.29) is 0 Å². The highest BCUT2D eigenvalue weighted by atomic mass is 127. The fraction of sp³-hybridized carbons (Fsp3) is 0. The third-order valence-electron chi connectivity index (χ3n) is 2.07. The van der Waals surface area contributed by atoms with Crippen molar-refractivity contribution in [2.24, 2.45) is 0 Å². The van der Waals surface area contributed by atoms with E-state index in [0.717, 1.165) is 14.3 Å². The van der Waals surface area contributed by atoms with E-state index in [1.165, 1.54) is 0 Å². The summed E-state index contributed by atoms with van der Waals surface area (Å²) >= 11 is 7.66. The van der Waals surface area contributed by atoms with Crippen molar-refractivity contribution in [1.82, 2.24) is 0 Å². The van der Waals surface area contributed by atoms with Gasteiger partial charge in [0.15, 0.2) is 0 Å². The highest BCUT2D eigenvalue weighted by Crippen LogP contribution is 2.25. The van der Waals surface area contributed by atoms with Crippen LogP contribution in [0.5, 0.6) is 0 Å². The van der Waals surface area contributed by atoms with Gasteiger partial charge in [-0.1, -0.05) is 30.3 Å². The lowest BCUT2D eigenvalue weighted by Crippen LogP contribution is -1.94. The van der Waals surface area contributed by atoms with E-state index in [2.05, 4.69) is 22.6 Å². The summed E-state index contributed by atoms with van der Waals surface area (Å²) in [6, 6.07) is 11.6. The largest absolute Gasteiger partial charge is 0.276 e. The summed E-state index contributed by atoms with van der Waals surface area (Å²) in [7, 11) is 0. The Balaban J connectivity index is 2.90. The molecule has 2 aromatic carbocycles. The maximum Gasteiger partial charge on any atom is 0.254 e. The SMILES string of the molecule is O=C(Cl)c1c(I)ccc2ccccc12. The Morgan fingerprint density at radius 1 is 1.14 bits per heavy atom. The summed E-state index contributed by atoms with van der Waals surface area (Å²) in [5.74, 6) is 0. The third-order valence-corrected chi connectivity index (χ3v) is 3.16. The number of hydrogen-bond acceptors (Lipinski definition) is 1. The molecule has 0 saturated carbocycles. The Morgan fingerprint density at radius 2 is 1.86 bits per heavy atom. The van der Waals surface area contributed by atoms with Crippen molar-refractivity contribution in [2.45, 2.75) is 0 Å². The highest BCUT2D eigenvalue weighted by molar-refractivity contribution is 14.1. The van der Waals surface area contributed by atoms with Crippen molar-refractivity contribution >= 4 is 50.2 Å². The van der Waals surface area contributed by atoms with Gasteiger partial charge >= 0.3 is 0 Å². The first-order valence-electron chi connectivity index (χ1n) is 4.07. The fourth-order valence-corrected chi connectivity index (χ4v) is 2.52. The number of rotatable bonds is 1. The molecule has 0 bridgehead atoms. The smallest absolute Gasteiger partial charge is 0.254 e. The van der Waals surface area contributed by atoms with E-state index in [0.29, 0.717) is 5.56 Å². The summed E-state index contributed by atoms with van der Waals surface area (Å²) in [5, 5.41) is 1.56. The zero-order chi connectivity index (χ0) is 10.1. The van der Waals surface area contributed by atoms with Crippen LogP contribution in [0.3, 0.4) is 0 Å². The minimum absolute atomic E-state index is 0.397. The van der Waals surface area contributed by atoms with Crippen LogP contribution in [0, 0.1) is 3.57 Å². The molecular weight excluding hydrogens is 310 g/mol. The van der Waals surface area contributed by atoms with Crippen LogP contribution in [0.2, 0.25) is 0 Å². The molecule has 0 aliphatic carbocycles. The molecule has 70 valence electrons. The third kappa shape index (κ3) is 1.64. The van der Waals surface area contributed by atoms with Crippen LogP contribution in [0.4, 0.5) is 0 Å². The molecule has 14 heavy (non-hydrogen) atoms. The Kier molecular flexibility index (Phi) is 2.74. The summed E-state index contributed by atoms with van der Waals surface area (Å²) in [4.78, 5) is 11.2. The molecule has 0 saturated heterocycles. The van der Waals surface area contributed by atoms with Gasteiger partial charge in [-0.25, -0.2) is 0 Å². The van der Waals surface area contributed by atoms with E-state index in [1.807, 2.05) is 36.4 Å². The maximum atomic E-state index is 11.2. The molecule has 1 nitrogen and oxygen atoms in total. The number of hydrogen-bond donors (Lipinski definition) is 0. The highest BCUT2D eigenvalue weighted by Gasteiger charge is 2.10. The van der Waals surface area contributed by atoms with E-state index in [1.54, 1.807) is 0 Å². The predicted molar refractivity (Wildman–Crippen MR) is 66.8 cm³/mol. The second-order valence-corrected chi connectivity index (χ2v) is 4.42. The lowest BCUT2D eigenvalue weighted by molar-refractivity contribution is 0.108. The standard InChI is InChI=1S/C11H6ClIO/c12-11(14)10-8-4-2-1-3-7(8)5-6-9(10)13/h1-6H. The number of halogens is 2. The number of benzene rings is 2. The lowest BCUT2D eigenvalue weighted by Gasteiger charge is -2.04. The molecule has 0 aromatic heterocycles. The van der Waals surface area contributed by atoms with Crippen molar-refractivity contribution in [3.63, 3.8) is 0 Å². The van der Waals surface area contributed by atoms with E-state index >= 15 is 0 Å². The monoisotopic (exact) mass is 316 g/mol. The van der Waals surface area contributed by atoms with Gasteiger partial charge in [0.1, 0.15) is 0 Å². The average Bonchev–Trinajstić information content (AvgIpc) is 2.17.